The van der Waals surface area contributed by atoms with E-state index >= 15 is 0 Å². The third-order valence-corrected chi connectivity index (χ3v) is 2.09. The van der Waals surface area contributed by atoms with Crippen LogP contribution >= 0.6 is 0 Å². The molecule has 74 valence electrons. The number of esters is 2. The average Bonchev–Trinajstić information content (AvgIpc) is 2.50. The van der Waals surface area contributed by atoms with E-state index in [2.05, 4.69) is 15.0 Å². The third-order valence-electron chi connectivity index (χ3n) is 2.09. The molecule has 2 heterocycles. The number of carbonyl (C=O) groups is 2. The van der Waals surface area contributed by atoms with Crippen LogP contribution < -0.4 is 0 Å². The van der Waals surface area contributed by atoms with Gasteiger partial charge in [0, 0.05) is 19.2 Å². The van der Waals surface area contributed by atoms with Crippen LogP contribution in [0.15, 0.2) is 6.20 Å². The van der Waals surface area contributed by atoms with Gasteiger partial charge in [0.1, 0.15) is 0 Å². The lowest BCUT2D eigenvalue weighted by atomic mass is 9.96. The zero-order valence-electron chi connectivity index (χ0n) is 7.64. The van der Waals surface area contributed by atoms with Crippen molar-refractivity contribution in [1.29, 1.82) is 0 Å². The van der Waals surface area contributed by atoms with Crippen molar-refractivity contribution in [2.45, 2.75) is 18.8 Å². The fourth-order valence-corrected chi connectivity index (χ4v) is 1.45. The molecule has 1 fully saturated rings. The molecule has 0 atom stereocenters. The second-order valence-electron chi connectivity index (χ2n) is 3.27. The molecule has 6 heteroatoms. The van der Waals surface area contributed by atoms with E-state index in [-0.39, 0.29) is 18.8 Å². The van der Waals surface area contributed by atoms with Gasteiger partial charge in [0.05, 0.1) is 18.5 Å². The Balaban J connectivity index is 2.18. The lowest BCUT2D eigenvalue weighted by Crippen LogP contribution is -2.24. The molecule has 6 nitrogen and oxygen atoms in total. The Morgan fingerprint density at radius 1 is 1.43 bits per heavy atom. The Morgan fingerprint density at radius 2 is 2.07 bits per heavy atom. The normalized spacial score (nSPS) is 18.4. The summed E-state index contributed by atoms with van der Waals surface area (Å²) in [7, 11) is 1.74. The van der Waals surface area contributed by atoms with Crippen molar-refractivity contribution in [3.05, 3.63) is 11.9 Å². The predicted octanol–water partition coefficient (Wildman–Crippen LogP) is -0.238. The number of cyclic esters (lactones) is 2. The first kappa shape index (κ1) is 8.86. The third kappa shape index (κ3) is 1.63. The molecule has 2 rings (SSSR count). The van der Waals surface area contributed by atoms with Gasteiger partial charge < -0.3 is 4.74 Å². The average molecular weight is 195 g/mol. The van der Waals surface area contributed by atoms with Gasteiger partial charge in [-0.25, -0.2) is 0 Å². The Bertz CT molecular complexity index is 369. The number of hydrogen-bond donors (Lipinski definition) is 0. The van der Waals surface area contributed by atoms with Crippen molar-refractivity contribution in [1.82, 2.24) is 15.0 Å². The van der Waals surface area contributed by atoms with Crippen LogP contribution in [0, 0.1) is 0 Å². The van der Waals surface area contributed by atoms with Crippen LogP contribution in [-0.4, -0.2) is 26.9 Å². The lowest BCUT2D eigenvalue weighted by Gasteiger charge is -2.16. The summed E-state index contributed by atoms with van der Waals surface area (Å²) in [6, 6.07) is 0. The Labute approximate surface area is 79.8 Å². The van der Waals surface area contributed by atoms with Crippen LogP contribution in [-0.2, 0) is 21.4 Å². The molecule has 0 aromatic carbocycles. The summed E-state index contributed by atoms with van der Waals surface area (Å²) < 4.78 is 5.95. The van der Waals surface area contributed by atoms with Crippen molar-refractivity contribution in [3.63, 3.8) is 0 Å². The molecule has 0 amide bonds. The molecule has 1 aromatic rings. The number of hydrogen-bond acceptors (Lipinski definition) is 5. The van der Waals surface area contributed by atoms with Crippen LogP contribution in [0.3, 0.4) is 0 Å². The van der Waals surface area contributed by atoms with Crippen LogP contribution in [0.1, 0.15) is 24.5 Å². The zero-order valence-corrected chi connectivity index (χ0v) is 7.64. The summed E-state index contributed by atoms with van der Waals surface area (Å²) in [6.07, 6.45) is 2.10. The van der Waals surface area contributed by atoms with Gasteiger partial charge in [0.15, 0.2) is 0 Å². The maximum atomic E-state index is 11.0. The summed E-state index contributed by atoms with van der Waals surface area (Å²) >= 11 is 0. The molecule has 0 unspecified atom stereocenters. The van der Waals surface area contributed by atoms with Crippen molar-refractivity contribution in [3.8, 4) is 0 Å². The molecule has 1 saturated heterocycles. The molecule has 0 radical (unpaired) electrons. The van der Waals surface area contributed by atoms with E-state index in [0.29, 0.717) is 5.69 Å². The summed E-state index contributed by atoms with van der Waals surface area (Å²) in [5.74, 6) is -1.16. The molecular formula is C8H9N3O3. The fourth-order valence-electron chi connectivity index (χ4n) is 1.45. The number of aryl methyl sites for hydroxylation is 1. The molecule has 0 bridgehead atoms. The first-order valence-corrected chi connectivity index (χ1v) is 4.25. The lowest BCUT2D eigenvalue weighted by molar-refractivity contribution is -0.164. The Kier molecular flexibility index (Phi) is 2.03. The summed E-state index contributed by atoms with van der Waals surface area (Å²) in [5.41, 5.74) is 0.664. The van der Waals surface area contributed by atoms with Crippen molar-refractivity contribution in [2.24, 2.45) is 7.05 Å². The molecule has 1 aliphatic rings. The smallest absolute Gasteiger partial charge is 0.314 e. The van der Waals surface area contributed by atoms with Gasteiger partial charge >= 0.3 is 11.9 Å². The number of aromatic nitrogens is 3. The summed E-state index contributed by atoms with van der Waals surface area (Å²) in [5, 5.41) is 7.61. The summed E-state index contributed by atoms with van der Waals surface area (Å²) in [4.78, 5) is 21.9. The predicted molar refractivity (Wildman–Crippen MR) is 44.1 cm³/mol. The number of nitrogens with zero attached hydrogens (tertiary/aromatic N) is 3. The van der Waals surface area contributed by atoms with E-state index in [1.54, 1.807) is 17.9 Å². The van der Waals surface area contributed by atoms with E-state index in [4.69, 9.17) is 0 Å². The molecule has 1 aliphatic heterocycles. The second kappa shape index (κ2) is 3.21. The quantitative estimate of drug-likeness (QED) is 0.456. The number of carbonyl (C=O) groups excluding carboxylic acids is 2. The molecule has 0 aliphatic carbocycles. The minimum Gasteiger partial charge on any atom is -0.393 e. The minimum absolute atomic E-state index is 0.183. The minimum atomic E-state index is -0.489. The monoisotopic (exact) mass is 195 g/mol. The Morgan fingerprint density at radius 3 is 2.57 bits per heavy atom. The highest BCUT2D eigenvalue weighted by atomic mass is 16.6. The summed E-state index contributed by atoms with van der Waals surface area (Å²) in [6.45, 7) is 0. The molecule has 0 spiro atoms. The number of ether oxygens (including phenoxy) is 1. The van der Waals surface area contributed by atoms with Crippen molar-refractivity contribution >= 4 is 11.9 Å². The molecule has 14 heavy (non-hydrogen) atoms. The molecule has 0 saturated carbocycles. The highest BCUT2D eigenvalue weighted by Gasteiger charge is 2.29. The Hall–Kier alpha value is -1.72. The van der Waals surface area contributed by atoms with Gasteiger partial charge in [0.25, 0.3) is 0 Å². The highest BCUT2D eigenvalue weighted by molar-refractivity contribution is 5.89. The molecule has 1 aromatic heterocycles. The van der Waals surface area contributed by atoms with Gasteiger partial charge in [-0.3, -0.25) is 14.3 Å². The van der Waals surface area contributed by atoms with E-state index < -0.39 is 11.9 Å². The first-order chi connectivity index (χ1) is 6.65. The van der Waals surface area contributed by atoms with Crippen LogP contribution in [0.4, 0.5) is 0 Å². The fraction of sp³-hybridized carbons (Fsp3) is 0.500. The van der Waals surface area contributed by atoms with Gasteiger partial charge in [-0.15, -0.1) is 5.10 Å². The second-order valence-corrected chi connectivity index (χ2v) is 3.27. The van der Waals surface area contributed by atoms with Gasteiger partial charge in [0.2, 0.25) is 0 Å². The van der Waals surface area contributed by atoms with Crippen LogP contribution in [0.2, 0.25) is 0 Å². The van der Waals surface area contributed by atoms with E-state index in [0.717, 1.165) is 0 Å². The van der Waals surface area contributed by atoms with Gasteiger partial charge in [-0.2, -0.15) is 0 Å². The van der Waals surface area contributed by atoms with Gasteiger partial charge in [-0.1, -0.05) is 5.21 Å². The largest absolute Gasteiger partial charge is 0.393 e. The van der Waals surface area contributed by atoms with E-state index in [9.17, 15) is 9.59 Å². The number of rotatable bonds is 1. The van der Waals surface area contributed by atoms with Crippen LogP contribution in [0.25, 0.3) is 0 Å². The van der Waals surface area contributed by atoms with Crippen molar-refractivity contribution < 1.29 is 14.3 Å². The molecule has 0 N–H and O–H groups in total. The molecular weight excluding hydrogens is 186 g/mol. The maximum absolute atomic E-state index is 11.0. The van der Waals surface area contributed by atoms with Crippen LogP contribution in [0.5, 0.6) is 0 Å². The van der Waals surface area contributed by atoms with E-state index in [1.165, 1.54) is 0 Å². The highest BCUT2D eigenvalue weighted by Crippen LogP contribution is 2.25. The van der Waals surface area contributed by atoms with E-state index in [1.807, 2.05) is 0 Å². The zero-order chi connectivity index (χ0) is 10.1. The first-order valence-electron chi connectivity index (χ1n) is 4.25. The standard InChI is InChI=1S/C8H9N3O3/c1-11-4-6(9-10-11)5-2-7(12)14-8(13)3-5/h4-5H,2-3H2,1H3. The van der Waals surface area contributed by atoms with Crippen molar-refractivity contribution in [2.75, 3.05) is 0 Å². The maximum Gasteiger partial charge on any atom is 0.314 e. The van der Waals surface area contributed by atoms with Gasteiger partial charge in [-0.05, 0) is 0 Å². The SMILES string of the molecule is Cn1cc(C2CC(=O)OC(=O)C2)nn1. The topological polar surface area (TPSA) is 74.1 Å².